The van der Waals surface area contributed by atoms with Crippen LogP contribution < -0.4 is 5.73 Å². The van der Waals surface area contributed by atoms with Gasteiger partial charge in [-0.25, -0.2) is 0 Å². The van der Waals surface area contributed by atoms with Crippen LogP contribution in [-0.4, -0.2) is 16.1 Å². The molecule has 0 radical (unpaired) electrons. The number of carbonyl (C=O) groups is 1. The van der Waals surface area contributed by atoms with E-state index in [0.717, 1.165) is 5.56 Å². The Hall–Kier alpha value is -1.42. The maximum atomic E-state index is 10.3. The number of carboxylic acid groups (broad SMARTS) is 1. The second kappa shape index (κ2) is 4.57. The number of rotatable bonds is 4. The Labute approximate surface area is 76.4 Å². The molecule has 0 aliphatic rings. The van der Waals surface area contributed by atoms with Crippen molar-refractivity contribution in [2.24, 2.45) is 5.73 Å². The summed E-state index contributed by atoms with van der Waals surface area (Å²) >= 11 is 0. The molecule has 1 heterocycles. The molecule has 0 aliphatic heterocycles. The number of nitrogens with zero attached hydrogens (tertiary/aromatic N) is 1. The molecule has 4 heteroatoms. The zero-order valence-corrected chi connectivity index (χ0v) is 7.18. The molecule has 1 aromatic rings. The number of aromatic nitrogens is 1. The molecule has 0 fully saturated rings. The van der Waals surface area contributed by atoms with E-state index in [1.807, 2.05) is 6.07 Å². The summed E-state index contributed by atoms with van der Waals surface area (Å²) in [5.41, 5.74) is 6.62. The van der Waals surface area contributed by atoms with Crippen LogP contribution >= 0.6 is 0 Å². The van der Waals surface area contributed by atoms with Crippen LogP contribution in [0.15, 0.2) is 24.5 Å². The summed E-state index contributed by atoms with van der Waals surface area (Å²) in [6, 6.07) is 3.40. The molecule has 0 saturated heterocycles. The second-order valence-electron chi connectivity index (χ2n) is 2.83. The van der Waals surface area contributed by atoms with Gasteiger partial charge >= 0.3 is 5.97 Å². The molecule has 3 N–H and O–H groups in total. The van der Waals surface area contributed by atoms with Crippen LogP contribution in [0.4, 0.5) is 0 Å². The van der Waals surface area contributed by atoms with Crippen molar-refractivity contribution in [1.29, 1.82) is 0 Å². The maximum absolute atomic E-state index is 10.3. The van der Waals surface area contributed by atoms with E-state index in [4.69, 9.17) is 10.8 Å². The van der Waals surface area contributed by atoms with Crippen molar-refractivity contribution < 1.29 is 9.90 Å². The molecule has 1 atom stereocenters. The minimum atomic E-state index is -0.820. The molecule has 0 spiro atoms. The van der Waals surface area contributed by atoms with Crippen molar-refractivity contribution >= 4 is 5.97 Å². The topological polar surface area (TPSA) is 76.2 Å². The molecule has 0 amide bonds. The highest BCUT2D eigenvalue weighted by atomic mass is 16.4. The molecular formula is C9H12N2O2. The molecule has 1 rings (SSSR count). The van der Waals surface area contributed by atoms with Crippen molar-refractivity contribution in [2.45, 2.75) is 18.9 Å². The van der Waals surface area contributed by atoms with Crippen molar-refractivity contribution in [3.8, 4) is 0 Å². The highest BCUT2D eigenvalue weighted by molar-refractivity contribution is 5.66. The van der Waals surface area contributed by atoms with Crippen LogP contribution in [0.5, 0.6) is 0 Å². The van der Waals surface area contributed by atoms with E-state index in [2.05, 4.69) is 4.98 Å². The van der Waals surface area contributed by atoms with Gasteiger partial charge in [-0.1, -0.05) is 6.07 Å². The Morgan fingerprint density at radius 2 is 2.46 bits per heavy atom. The van der Waals surface area contributed by atoms with Crippen LogP contribution in [0, 0.1) is 0 Å². The van der Waals surface area contributed by atoms with Gasteiger partial charge in [0.05, 0.1) is 0 Å². The zero-order chi connectivity index (χ0) is 9.68. The van der Waals surface area contributed by atoms with Crippen LogP contribution in [0.2, 0.25) is 0 Å². The van der Waals surface area contributed by atoms with Crippen LogP contribution in [0.25, 0.3) is 0 Å². The first-order chi connectivity index (χ1) is 6.20. The molecule has 0 aliphatic carbocycles. The first-order valence-corrected chi connectivity index (χ1v) is 4.07. The predicted octanol–water partition coefficient (Wildman–Crippen LogP) is 0.946. The molecule has 0 saturated carbocycles. The van der Waals surface area contributed by atoms with Crippen LogP contribution in [-0.2, 0) is 4.79 Å². The quantitative estimate of drug-likeness (QED) is 0.723. The van der Waals surface area contributed by atoms with E-state index < -0.39 is 5.97 Å². The lowest BCUT2D eigenvalue weighted by atomic mass is 10.1. The third kappa shape index (κ3) is 3.21. The summed E-state index contributed by atoms with van der Waals surface area (Å²) in [6.45, 7) is 0. The van der Waals surface area contributed by atoms with Crippen molar-refractivity contribution in [2.75, 3.05) is 0 Å². The van der Waals surface area contributed by atoms with Gasteiger partial charge in [0.25, 0.3) is 0 Å². The number of nitrogens with two attached hydrogens (primary N) is 1. The van der Waals surface area contributed by atoms with Gasteiger partial charge in [0, 0.05) is 24.9 Å². The third-order valence-corrected chi connectivity index (χ3v) is 1.78. The Balaban J connectivity index is 2.49. The molecular weight excluding hydrogens is 168 g/mol. The van der Waals surface area contributed by atoms with Gasteiger partial charge in [0.1, 0.15) is 0 Å². The van der Waals surface area contributed by atoms with E-state index in [-0.39, 0.29) is 12.5 Å². The maximum Gasteiger partial charge on any atom is 0.303 e. The predicted molar refractivity (Wildman–Crippen MR) is 48.0 cm³/mol. The summed E-state index contributed by atoms with van der Waals surface area (Å²) < 4.78 is 0. The fraction of sp³-hybridized carbons (Fsp3) is 0.333. The van der Waals surface area contributed by atoms with E-state index in [1.54, 1.807) is 18.5 Å². The SMILES string of the molecule is N[C@H](CCC(=O)O)c1cccnc1. The smallest absolute Gasteiger partial charge is 0.303 e. The fourth-order valence-electron chi connectivity index (χ4n) is 1.04. The van der Waals surface area contributed by atoms with Crippen molar-refractivity contribution in [1.82, 2.24) is 4.98 Å². The Morgan fingerprint density at radius 1 is 1.69 bits per heavy atom. The number of aliphatic carboxylic acids is 1. The average molecular weight is 180 g/mol. The Kier molecular flexibility index (Phi) is 3.40. The molecule has 1 aromatic heterocycles. The van der Waals surface area contributed by atoms with E-state index >= 15 is 0 Å². The lowest BCUT2D eigenvalue weighted by Crippen LogP contribution is -2.12. The van der Waals surface area contributed by atoms with E-state index in [1.165, 1.54) is 0 Å². The first kappa shape index (κ1) is 9.67. The van der Waals surface area contributed by atoms with Crippen LogP contribution in [0.3, 0.4) is 0 Å². The van der Waals surface area contributed by atoms with Gasteiger partial charge in [-0.15, -0.1) is 0 Å². The molecule has 70 valence electrons. The van der Waals surface area contributed by atoms with Gasteiger partial charge in [-0.05, 0) is 18.1 Å². The monoisotopic (exact) mass is 180 g/mol. The van der Waals surface area contributed by atoms with Gasteiger partial charge in [0.2, 0.25) is 0 Å². The molecule has 0 bridgehead atoms. The summed E-state index contributed by atoms with van der Waals surface area (Å²) in [6.07, 6.45) is 3.86. The van der Waals surface area contributed by atoms with Gasteiger partial charge in [-0.2, -0.15) is 0 Å². The minimum Gasteiger partial charge on any atom is -0.481 e. The minimum absolute atomic E-state index is 0.0933. The molecule has 0 aromatic carbocycles. The fourth-order valence-corrected chi connectivity index (χ4v) is 1.04. The first-order valence-electron chi connectivity index (χ1n) is 4.07. The van der Waals surface area contributed by atoms with Crippen LogP contribution in [0.1, 0.15) is 24.4 Å². The largest absolute Gasteiger partial charge is 0.481 e. The van der Waals surface area contributed by atoms with Crippen molar-refractivity contribution in [3.05, 3.63) is 30.1 Å². The second-order valence-corrected chi connectivity index (χ2v) is 2.83. The zero-order valence-electron chi connectivity index (χ0n) is 7.18. The highest BCUT2D eigenvalue weighted by Crippen LogP contribution is 2.13. The van der Waals surface area contributed by atoms with E-state index in [0.29, 0.717) is 6.42 Å². The summed E-state index contributed by atoms with van der Waals surface area (Å²) in [4.78, 5) is 14.2. The summed E-state index contributed by atoms with van der Waals surface area (Å²) in [5, 5.41) is 8.44. The van der Waals surface area contributed by atoms with Crippen molar-refractivity contribution in [3.63, 3.8) is 0 Å². The number of pyridine rings is 1. The lowest BCUT2D eigenvalue weighted by molar-refractivity contribution is -0.137. The average Bonchev–Trinajstić information content (AvgIpc) is 2.15. The Morgan fingerprint density at radius 3 is 3.00 bits per heavy atom. The molecule has 4 nitrogen and oxygen atoms in total. The lowest BCUT2D eigenvalue weighted by Gasteiger charge is -2.08. The normalized spacial score (nSPS) is 12.4. The van der Waals surface area contributed by atoms with Gasteiger partial charge in [-0.3, -0.25) is 9.78 Å². The highest BCUT2D eigenvalue weighted by Gasteiger charge is 2.07. The van der Waals surface area contributed by atoms with E-state index in [9.17, 15) is 4.79 Å². The molecule has 13 heavy (non-hydrogen) atoms. The number of hydrogen-bond acceptors (Lipinski definition) is 3. The van der Waals surface area contributed by atoms with Gasteiger partial charge in [0.15, 0.2) is 0 Å². The number of hydrogen-bond donors (Lipinski definition) is 2. The molecule has 0 unspecified atom stereocenters. The summed E-state index contributed by atoms with van der Waals surface area (Å²) in [7, 11) is 0. The Bertz CT molecular complexity index is 274. The third-order valence-electron chi connectivity index (χ3n) is 1.78. The number of carboxylic acids is 1. The summed E-state index contributed by atoms with van der Waals surface area (Å²) in [5.74, 6) is -0.820. The van der Waals surface area contributed by atoms with Gasteiger partial charge < -0.3 is 10.8 Å². The standard InChI is InChI=1S/C9H12N2O2/c10-8(3-4-9(12)13)7-2-1-5-11-6-7/h1-2,5-6,8H,3-4,10H2,(H,12,13)/t8-/m1/s1.